The third-order valence-corrected chi connectivity index (χ3v) is 2.25. The molecule has 0 nitrogen and oxygen atoms in total. The van der Waals surface area contributed by atoms with Crippen LogP contribution in [0.25, 0.3) is 4.91 Å². The molecule has 1 aromatic carbocycles. The van der Waals surface area contributed by atoms with Gasteiger partial charge in [-0.3, -0.25) is 0 Å². The lowest BCUT2D eigenvalue weighted by molar-refractivity contribution is 1.46. The van der Waals surface area contributed by atoms with Gasteiger partial charge in [0.15, 0.2) is 0 Å². The Morgan fingerprint density at radius 3 is 2.83 bits per heavy atom. The molecule has 0 fully saturated rings. The highest BCUT2D eigenvalue weighted by Crippen LogP contribution is 2.25. The lowest BCUT2D eigenvalue weighted by Gasteiger charge is -2.02. The molecule has 0 aromatic heterocycles. The summed E-state index contributed by atoms with van der Waals surface area (Å²) in [5, 5.41) is 1.80. The third-order valence-electron chi connectivity index (χ3n) is 1.57. The van der Waals surface area contributed by atoms with Crippen LogP contribution in [0.4, 0.5) is 0 Å². The van der Waals surface area contributed by atoms with Gasteiger partial charge < -0.3 is 0 Å². The van der Waals surface area contributed by atoms with Crippen molar-refractivity contribution in [3.05, 3.63) is 54.0 Å². The molecule has 0 bridgehead atoms. The van der Waals surface area contributed by atoms with Crippen molar-refractivity contribution in [1.82, 2.24) is 0 Å². The summed E-state index contributed by atoms with van der Waals surface area (Å²) in [6.07, 6.45) is 0. The van der Waals surface area contributed by atoms with Crippen LogP contribution in [0.3, 0.4) is 0 Å². The fourth-order valence-corrected chi connectivity index (χ4v) is 1.45. The summed E-state index contributed by atoms with van der Waals surface area (Å²) in [5.74, 6) is 0. The van der Waals surface area contributed by atoms with Crippen LogP contribution in [0.1, 0.15) is 11.1 Å². The molecule has 1 rings (SSSR count). The van der Waals surface area contributed by atoms with Crippen LogP contribution in [0.15, 0.2) is 42.8 Å². The average Bonchev–Trinajstić information content (AvgIpc) is 2.05. The van der Waals surface area contributed by atoms with Gasteiger partial charge in [-0.1, -0.05) is 54.7 Å². The van der Waals surface area contributed by atoms with E-state index >= 15 is 0 Å². The second-order valence-electron chi connectivity index (χ2n) is 2.58. The van der Waals surface area contributed by atoms with Gasteiger partial charge in [-0.05, 0) is 17.9 Å². The molecule has 0 heterocycles. The van der Waals surface area contributed by atoms with Crippen molar-refractivity contribution in [2.75, 3.05) is 0 Å². The van der Waals surface area contributed by atoms with Crippen molar-refractivity contribution < 1.29 is 0 Å². The van der Waals surface area contributed by atoms with E-state index in [1.54, 1.807) is 17.2 Å². The summed E-state index contributed by atoms with van der Waals surface area (Å²) in [7, 11) is 0. The van der Waals surface area contributed by atoms with Crippen molar-refractivity contribution in [1.29, 1.82) is 0 Å². The van der Waals surface area contributed by atoms with E-state index in [1.807, 2.05) is 6.07 Å². The lowest BCUT2D eigenvalue weighted by atomic mass is 10.1. The van der Waals surface area contributed by atoms with E-state index in [2.05, 4.69) is 38.3 Å². The lowest BCUT2D eigenvalue weighted by Crippen LogP contribution is -1.78. The van der Waals surface area contributed by atoms with Gasteiger partial charge in [-0.25, -0.2) is 0 Å². The van der Waals surface area contributed by atoms with Crippen LogP contribution in [0.2, 0.25) is 0 Å². The Kier molecular flexibility index (Phi) is 3.18. The Hall–Kier alpha value is -0.950. The predicted octanol–water partition coefficient (Wildman–Crippen LogP) is 3.84. The second kappa shape index (κ2) is 4.17. The molecule has 1 heteroatoms. The number of rotatable bonds is 3. The smallest absolute Gasteiger partial charge is 0.0116 e. The first-order chi connectivity index (χ1) is 5.74. The fourth-order valence-electron chi connectivity index (χ4n) is 0.987. The Labute approximate surface area is 78.0 Å². The Balaban J connectivity index is 2.87. The van der Waals surface area contributed by atoms with E-state index in [9.17, 15) is 0 Å². The van der Waals surface area contributed by atoms with Gasteiger partial charge in [0.25, 0.3) is 0 Å². The molecule has 0 spiro atoms. The molecule has 0 amide bonds. The third kappa shape index (κ3) is 2.28. The zero-order valence-electron chi connectivity index (χ0n) is 7.21. The fraction of sp³-hybridized carbons (Fsp3) is 0.0909. The molecule has 0 aliphatic carbocycles. The molecule has 0 aliphatic heterocycles. The van der Waals surface area contributed by atoms with Gasteiger partial charge in [0.1, 0.15) is 0 Å². The van der Waals surface area contributed by atoms with Gasteiger partial charge in [0.05, 0.1) is 0 Å². The summed E-state index contributed by atoms with van der Waals surface area (Å²) >= 11 is 1.56. The second-order valence-corrected chi connectivity index (χ2v) is 3.64. The Morgan fingerprint density at radius 1 is 1.50 bits per heavy atom. The van der Waals surface area contributed by atoms with E-state index in [4.69, 9.17) is 0 Å². The SMILES string of the molecule is C=CSC(=C)c1cccc(C)c1. The van der Waals surface area contributed by atoms with Crippen molar-refractivity contribution in [2.24, 2.45) is 0 Å². The minimum absolute atomic E-state index is 1.05. The van der Waals surface area contributed by atoms with E-state index < -0.39 is 0 Å². The predicted molar refractivity (Wildman–Crippen MR) is 58.0 cm³/mol. The molecule has 0 saturated heterocycles. The summed E-state index contributed by atoms with van der Waals surface area (Å²) in [6.45, 7) is 9.68. The maximum atomic E-state index is 3.95. The number of benzene rings is 1. The zero-order valence-corrected chi connectivity index (χ0v) is 8.03. The van der Waals surface area contributed by atoms with Crippen LogP contribution in [0.5, 0.6) is 0 Å². The van der Waals surface area contributed by atoms with Crippen LogP contribution in [-0.4, -0.2) is 0 Å². The van der Waals surface area contributed by atoms with E-state index in [-0.39, 0.29) is 0 Å². The maximum absolute atomic E-state index is 3.95. The van der Waals surface area contributed by atoms with E-state index in [0.29, 0.717) is 0 Å². The minimum Gasteiger partial charge on any atom is -0.0987 e. The van der Waals surface area contributed by atoms with Crippen LogP contribution in [-0.2, 0) is 0 Å². The molecule has 0 unspecified atom stereocenters. The zero-order chi connectivity index (χ0) is 8.97. The van der Waals surface area contributed by atoms with Crippen molar-refractivity contribution >= 4 is 16.7 Å². The van der Waals surface area contributed by atoms with Gasteiger partial charge in [0, 0.05) is 4.91 Å². The molecule has 0 N–H and O–H groups in total. The quantitative estimate of drug-likeness (QED) is 0.674. The molecule has 0 saturated carbocycles. The molecule has 62 valence electrons. The molecule has 1 aromatic rings. The largest absolute Gasteiger partial charge is 0.0987 e. The number of thioether (sulfide) groups is 1. The van der Waals surface area contributed by atoms with Crippen molar-refractivity contribution in [3.8, 4) is 0 Å². The van der Waals surface area contributed by atoms with Gasteiger partial charge in [0.2, 0.25) is 0 Å². The summed E-state index contributed by atoms with van der Waals surface area (Å²) in [5.41, 5.74) is 2.44. The molecular formula is C11H12S. The van der Waals surface area contributed by atoms with Gasteiger partial charge in [-0.15, -0.1) is 0 Å². The normalized spacial score (nSPS) is 9.42. The van der Waals surface area contributed by atoms with E-state index in [1.165, 1.54) is 11.1 Å². The Bertz CT molecular complexity index is 300. The summed E-state index contributed by atoms with van der Waals surface area (Å²) < 4.78 is 0. The molecular weight excluding hydrogens is 164 g/mol. The number of hydrogen-bond donors (Lipinski definition) is 0. The monoisotopic (exact) mass is 176 g/mol. The minimum atomic E-state index is 1.05. The van der Waals surface area contributed by atoms with Gasteiger partial charge in [-0.2, -0.15) is 0 Å². The molecule has 0 atom stereocenters. The highest BCUT2D eigenvalue weighted by molar-refractivity contribution is 8.10. The number of hydrogen-bond acceptors (Lipinski definition) is 1. The Morgan fingerprint density at radius 2 is 2.25 bits per heavy atom. The first-order valence-electron chi connectivity index (χ1n) is 3.77. The van der Waals surface area contributed by atoms with Gasteiger partial charge >= 0.3 is 0 Å². The molecule has 12 heavy (non-hydrogen) atoms. The highest BCUT2D eigenvalue weighted by Gasteiger charge is 1.96. The molecule has 0 radical (unpaired) electrons. The van der Waals surface area contributed by atoms with Crippen LogP contribution >= 0.6 is 11.8 Å². The highest BCUT2D eigenvalue weighted by atomic mass is 32.2. The van der Waals surface area contributed by atoms with Crippen LogP contribution in [0, 0.1) is 6.92 Å². The maximum Gasteiger partial charge on any atom is 0.0116 e. The van der Waals surface area contributed by atoms with Crippen LogP contribution < -0.4 is 0 Å². The van der Waals surface area contributed by atoms with E-state index in [0.717, 1.165) is 4.91 Å². The summed E-state index contributed by atoms with van der Waals surface area (Å²) in [6, 6.07) is 8.31. The standard InChI is InChI=1S/C11H12S/c1-4-12-10(3)11-7-5-6-9(2)8-11/h4-8H,1,3H2,2H3. The first-order valence-corrected chi connectivity index (χ1v) is 4.65. The topological polar surface area (TPSA) is 0 Å². The van der Waals surface area contributed by atoms with Crippen molar-refractivity contribution in [3.63, 3.8) is 0 Å². The average molecular weight is 176 g/mol. The first kappa shape index (κ1) is 9.14. The summed E-state index contributed by atoms with van der Waals surface area (Å²) in [4.78, 5) is 1.05. The van der Waals surface area contributed by atoms with Crippen molar-refractivity contribution in [2.45, 2.75) is 6.92 Å². The molecule has 0 aliphatic rings. The number of aryl methyl sites for hydroxylation is 1.